The molecule has 2 aromatic heterocycles. The predicted molar refractivity (Wildman–Crippen MR) is 68.3 cm³/mol. The number of hydrogen-bond donors (Lipinski definition) is 1. The van der Waals surface area contributed by atoms with E-state index in [4.69, 9.17) is 5.73 Å². The summed E-state index contributed by atoms with van der Waals surface area (Å²) in [6, 6.07) is 7.83. The van der Waals surface area contributed by atoms with Gasteiger partial charge in [0.25, 0.3) is 0 Å². The lowest BCUT2D eigenvalue weighted by Gasteiger charge is -2.05. The van der Waals surface area contributed by atoms with Crippen molar-refractivity contribution >= 4 is 11.0 Å². The third kappa shape index (κ3) is 1.42. The standard InChI is InChI=1S/C12H14N6/c1-8-9(7-13)12(17(2)15-8)18-11-6-4-3-5-10(11)14-16-18/h3-6H,7,13H2,1-2H3. The number of rotatable bonds is 2. The zero-order valence-corrected chi connectivity index (χ0v) is 10.3. The van der Waals surface area contributed by atoms with Crippen LogP contribution in [0.4, 0.5) is 0 Å². The summed E-state index contributed by atoms with van der Waals surface area (Å²) in [5.41, 5.74) is 9.53. The summed E-state index contributed by atoms with van der Waals surface area (Å²) in [6.07, 6.45) is 0. The predicted octanol–water partition coefficient (Wildman–Crippen LogP) is 0.921. The highest BCUT2D eigenvalue weighted by atomic mass is 15.5. The van der Waals surface area contributed by atoms with E-state index in [1.165, 1.54) is 0 Å². The fourth-order valence-electron chi connectivity index (χ4n) is 2.22. The Morgan fingerprint density at radius 3 is 2.83 bits per heavy atom. The van der Waals surface area contributed by atoms with Gasteiger partial charge in [0, 0.05) is 19.2 Å². The van der Waals surface area contributed by atoms with E-state index in [0.717, 1.165) is 28.1 Å². The molecule has 0 aliphatic heterocycles. The summed E-state index contributed by atoms with van der Waals surface area (Å²) >= 11 is 0. The normalized spacial score (nSPS) is 11.3. The summed E-state index contributed by atoms with van der Waals surface area (Å²) in [6.45, 7) is 2.38. The highest BCUT2D eigenvalue weighted by molar-refractivity contribution is 5.75. The quantitative estimate of drug-likeness (QED) is 0.725. The molecule has 0 aliphatic carbocycles. The van der Waals surface area contributed by atoms with Gasteiger partial charge in [0.1, 0.15) is 5.52 Å². The average molecular weight is 242 g/mol. The van der Waals surface area contributed by atoms with Crippen molar-refractivity contribution in [1.29, 1.82) is 0 Å². The Balaban J connectivity index is 2.33. The lowest BCUT2D eigenvalue weighted by Crippen LogP contribution is -2.09. The van der Waals surface area contributed by atoms with Crippen LogP contribution in [0.3, 0.4) is 0 Å². The topological polar surface area (TPSA) is 74.5 Å². The van der Waals surface area contributed by atoms with Crippen molar-refractivity contribution in [3.05, 3.63) is 35.5 Å². The van der Waals surface area contributed by atoms with E-state index in [1.807, 2.05) is 38.2 Å². The van der Waals surface area contributed by atoms with Crippen LogP contribution in [-0.2, 0) is 13.6 Å². The first kappa shape index (κ1) is 10.9. The Morgan fingerprint density at radius 1 is 1.28 bits per heavy atom. The number of aryl methyl sites for hydroxylation is 2. The Hall–Kier alpha value is -2.21. The summed E-state index contributed by atoms with van der Waals surface area (Å²) in [7, 11) is 1.89. The van der Waals surface area contributed by atoms with Crippen LogP contribution in [0, 0.1) is 6.92 Å². The molecule has 2 N–H and O–H groups in total. The number of benzene rings is 1. The van der Waals surface area contributed by atoms with E-state index in [1.54, 1.807) is 9.36 Å². The van der Waals surface area contributed by atoms with Crippen LogP contribution in [0.2, 0.25) is 0 Å². The zero-order valence-electron chi connectivity index (χ0n) is 10.3. The Kier molecular flexibility index (Phi) is 2.38. The van der Waals surface area contributed by atoms with Crippen molar-refractivity contribution in [2.45, 2.75) is 13.5 Å². The van der Waals surface area contributed by atoms with Crippen LogP contribution in [0.1, 0.15) is 11.3 Å². The van der Waals surface area contributed by atoms with Crippen LogP contribution in [-0.4, -0.2) is 24.8 Å². The van der Waals surface area contributed by atoms with E-state index in [0.29, 0.717) is 6.54 Å². The maximum Gasteiger partial charge on any atom is 0.158 e. The maximum absolute atomic E-state index is 5.80. The number of fused-ring (bicyclic) bond motifs is 1. The third-order valence-corrected chi connectivity index (χ3v) is 3.07. The molecule has 3 rings (SSSR count). The number of nitrogens with two attached hydrogens (primary N) is 1. The molecule has 0 saturated heterocycles. The second-order valence-corrected chi connectivity index (χ2v) is 4.21. The average Bonchev–Trinajstić information content (AvgIpc) is 2.89. The van der Waals surface area contributed by atoms with Crippen LogP contribution < -0.4 is 5.73 Å². The molecule has 18 heavy (non-hydrogen) atoms. The van der Waals surface area contributed by atoms with Crippen molar-refractivity contribution in [2.75, 3.05) is 0 Å². The molecule has 6 heteroatoms. The molecule has 0 fully saturated rings. The summed E-state index contributed by atoms with van der Waals surface area (Å²) < 4.78 is 3.58. The molecule has 0 radical (unpaired) electrons. The largest absolute Gasteiger partial charge is 0.326 e. The minimum atomic E-state index is 0.434. The Labute approximate surface area is 104 Å². The van der Waals surface area contributed by atoms with E-state index in [2.05, 4.69) is 15.4 Å². The molecule has 0 amide bonds. The summed E-state index contributed by atoms with van der Waals surface area (Å²) in [4.78, 5) is 0. The van der Waals surface area contributed by atoms with Gasteiger partial charge >= 0.3 is 0 Å². The molecular formula is C12H14N6. The number of aromatic nitrogens is 5. The Morgan fingerprint density at radius 2 is 2.06 bits per heavy atom. The summed E-state index contributed by atoms with van der Waals surface area (Å²) in [5.74, 6) is 0.878. The van der Waals surface area contributed by atoms with Crippen molar-refractivity contribution < 1.29 is 0 Å². The summed E-state index contributed by atoms with van der Waals surface area (Å²) in [5, 5.41) is 12.7. The molecule has 6 nitrogen and oxygen atoms in total. The van der Waals surface area contributed by atoms with E-state index in [9.17, 15) is 0 Å². The smallest absolute Gasteiger partial charge is 0.158 e. The van der Waals surface area contributed by atoms with Gasteiger partial charge in [-0.05, 0) is 19.1 Å². The minimum absolute atomic E-state index is 0.434. The van der Waals surface area contributed by atoms with Crippen LogP contribution in [0.15, 0.2) is 24.3 Å². The maximum atomic E-state index is 5.80. The molecule has 1 aromatic carbocycles. The molecule has 3 aromatic rings. The third-order valence-electron chi connectivity index (χ3n) is 3.07. The molecule has 92 valence electrons. The van der Waals surface area contributed by atoms with Gasteiger partial charge in [-0.1, -0.05) is 17.3 Å². The molecule has 0 unspecified atom stereocenters. The lowest BCUT2D eigenvalue weighted by molar-refractivity contribution is 0.683. The lowest BCUT2D eigenvalue weighted by atomic mass is 10.2. The van der Waals surface area contributed by atoms with Gasteiger partial charge in [-0.3, -0.25) is 4.68 Å². The molecule has 0 saturated carbocycles. The van der Waals surface area contributed by atoms with Crippen molar-refractivity contribution in [1.82, 2.24) is 24.8 Å². The van der Waals surface area contributed by atoms with Crippen LogP contribution >= 0.6 is 0 Å². The molecule has 0 bridgehead atoms. The minimum Gasteiger partial charge on any atom is -0.326 e. The number of hydrogen-bond acceptors (Lipinski definition) is 4. The van der Waals surface area contributed by atoms with Gasteiger partial charge in [-0.15, -0.1) is 5.10 Å². The van der Waals surface area contributed by atoms with Crippen molar-refractivity contribution in [2.24, 2.45) is 12.8 Å². The fraction of sp³-hybridized carbons (Fsp3) is 0.250. The van der Waals surface area contributed by atoms with Gasteiger partial charge in [-0.25, -0.2) is 0 Å². The van der Waals surface area contributed by atoms with Crippen molar-refractivity contribution in [3.8, 4) is 5.82 Å². The fourth-order valence-corrected chi connectivity index (χ4v) is 2.22. The van der Waals surface area contributed by atoms with Gasteiger partial charge in [0.2, 0.25) is 0 Å². The molecule has 2 heterocycles. The molecule has 0 spiro atoms. The molecule has 0 atom stereocenters. The highest BCUT2D eigenvalue weighted by Gasteiger charge is 2.16. The highest BCUT2D eigenvalue weighted by Crippen LogP contribution is 2.20. The van der Waals surface area contributed by atoms with E-state index < -0.39 is 0 Å². The first-order chi connectivity index (χ1) is 8.72. The number of para-hydroxylation sites is 1. The first-order valence-electron chi connectivity index (χ1n) is 5.75. The van der Waals surface area contributed by atoms with Gasteiger partial charge < -0.3 is 5.73 Å². The molecule has 0 aliphatic rings. The van der Waals surface area contributed by atoms with Gasteiger partial charge in [0.05, 0.1) is 11.2 Å². The van der Waals surface area contributed by atoms with E-state index in [-0.39, 0.29) is 0 Å². The van der Waals surface area contributed by atoms with Gasteiger partial charge in [-0.2, -0.15) is 9.78 Å². The van der Waals surface area contributed by atoms with Crippen LogP contribution in [0.25, 0.3) is 16.9 Å². The second kappa shape index (κ2) is 3.92. The second-order valence-electron chi connectivity index (χ2n) is 4.21. The van der Waals surface area contributed by atoms with Crippen LogP contribution in [0.5, 0.6) is 0 Å². The van der Waals surface area contributed by atoms with E-state index >= 15 is 0 Å². The van der Waals surface area contributed by atoms with Crippen molar-refractivity contribution in [3.63, 3.8) is 0 Å². The molecular weight excluding hydrogens is 228 g/mol. The Bertz CT molecular complexity index is 709. The first-order valence-corrected chi connectivity index (χ1v) is 5.75. The number of nitrogens with zero attached hydrogens (tertiary/aromatic N) is 5. The zero-order chi connectivity index (χ0) is 12.7. The monoisotopic (exact) mass is 242 g/mol. The SMILES string of the molecule is Cc1nn(C)c(-n2nnc3ccccc32)c1CN. The van der Waals surface area contributed by atoms with Gasteiger partial charge in [0.15, 0.2) is 5.82 Å².